The number of carbonyl (C=O) groups is 1. The number of hydrogen-bond acceptors (Lipinski definition) is 5. The molecule has 10 heteroatoms. The molecule has 0 bridgehead atoms. The molecule has 5 rings (SSSR count). The van der Waals surface area contributed by atoms with Gasteiger partial charge in [-0.15, -0.1) is 0 Å². The highest BCUT2D eigenvalue weighted by Gasteiger charge is 2.34. The van der Waals surface area contributed by atoms with Gasteiger partial charge >= 0.3 is 6.18 Å². The summed E-state index contributed by atoms with van der Waals surface area (Å²) in [5.74, 6) is -0.568. The Hall–Kier alpha value is -3.76. The Morgan fingerprint density at radius 1 is 1.08 bits per heavy atom. The number of pyridine rings is 1. The maximum Gasteiger partial charge on any atom is 0.416 e. The van der Waals surface area contributed by atoms with Crippen molar-refractivity contribution in [3.05, 3.63) is 88.5 Å². The molecule has 204 valence electrons. The van der Waals surface area contributed by atoms with Crippen molar-refractivity contribution in [2.75, 3.05) is 38.5 Å². The number of aromatic nitrogens is 3. The summed E-state index contributed by atoms with van der Waals surface area (Å²) >= 11 is 0. The zero-order valence-corrected chi connectivity index (χ0v) is 22.1. The molecule has 1 saturated heterocycles. The first kappa shape index (κ1) is 26.8. The van der Waals surface area contributed by atoms with Gasteiger partial charge in [0.25, 0.3) is 5.91 Å². The summed E-state index contributed by atoms with van der Waals surface area (Å²) < 4.78 is 42.0. The number of hydrogen-bond donors (Lipinski definition) is 2. The van der Waals surface area contributed by atoms with Gasteiger partial charge in [-0.2, -0.15) is 13.2 Å². The van der Waals surface area contributed by atoms with Crippen LogP contribution in [0.3, 0.4) is 0 Å². The van der Waals surface area contributed by atoms with Crippen molar-refractivity contribution in [2.24, 2.45) is 0 Å². The number of piperazine rings is 1. The highest BCUT2D eigenvalue weighted by Crippen LogP contribution is 2.35. The number of rotatable bonds is 6. The molecule has 7 nitrogen and oxygen atoms in total. The zero-order chi connectivity index (χ0) is 27.7. The van der Waals surface area contributed by atoms with Crippen LogP contribution in [0.4, 0.5) is 18.9 Å². The number of H-pyrrole nitrogens is 1. The molecular formula is C29H31F3N6O. The van der Waals surface area contributed by atoms with Crippen LogP contribution in [0.1, 0.15) is 51.0 Å². The van der Waals surface area contributed by atoms with Gasteiger partial charge < -0.3 is 15.2 Å². The minimum absolute atomic E-state index is 0.0971. The maximum atomic E-state index is 14.0. The van der Waals surface area contributed by atoms with Gasteiger partial charge in [0.05, 0.1) is 23.6 Å². The van der Waals surface area contributed by atoms with Crippen molar-refractivity contribution in [1.29, 1.82) is 0 Å². The average molecular weight is 537 g/mol. The number of amides is 1. The summed E-state index contributed by atoms with van der Waals surface area (Å²) in [4.78, 5) is 29.1. The van der Waals surface area contributed by atoms with Crippen LogP contribution in [0.15, 0.2) is 55.1 Å². The lowest BCUT2D eigenvalue weighted by Gasteiger charge is -2.33. The van der Waals surface area contributed by atoms with Crippen molar-refractivity contribution in [3.63, 3.8) is 0 Å². The first-order valence-electron chi connectivity index (χ1n) is 12.9. The van der Waals surface area contributed by atoms with E-state index >= 15 is 0 Å². The highest BCUT2D eigenvalue weighted by molar-refractivity contribution is 6.04. The van der Waals surface area contributed by atoms with E-state index in [1.165, 1.54) is 6.07 Å². The van der Waals surface area contributed by atoms with E-state index in [-0.39, 0.29) is 23.7 Å². The predicted molar refractivity (Wildman–Crippen MR) is 145 cm³/mol. The molecule has 4 aromatic rings. The lowest BCUT2D eigenvalue weighted by atomic mass is 9.89. The molecule has 1 aliphatic rings. The number of imidazole rings is 1. The number of nitrogens with zero attached hydrogens (tertiary/aromatic N) is 4. The van der Waals surface area contributed by atoms with Crippen LogP contribution < -0.4 is 5.32 Å². The van der Waals surface area contributed by atoms with Gasteiger partial charge in [-0.1, -0.05) is 19.1 Å². The van der Waals surface area contributed by atoms with Gasteiger partial charge in [-0.25, -0.2) is 4.98 Å². The van der Waals surface area contributed by atoms with Gasteiger partial charge in [0.1, 0.15) is 5.52 Å². The Morgan fingerprint density at radius 3 is 2.59 bits per heavy atom. The molecule has 1 unspecified atom stereocenters. The fraction of sp³-hybridized carbons (Fsp3) is 0.345. The van der Waals surface area contributed by atoms with Crippen molar-refractivity contribution in [2.45, 2.75) is 32.5 Å². The number of anilines is 1. The number of alkyl halides is 3. The third-order valence-electron chi connectivity index (χ3n) is 7.51. The topological polar surface area (TPSA) is 77.2 Å². The van der Waals surface area contributed by atoms with Crippen molar-refractivity contribution < 1.29 is 18.0 Å². The fourth-order valence-corrected chi connectivity index (χ4v) is 5.14. The monoisotopic (exact) mass is 536 g/mol. The third-order valence-corrected chi connectivity index (χ3v) is 7.51. The fourth-order valence-electron chi connectivity index (χ4n) is 5.14. The largest absolute Gasteiger partial charge is 0.416 e. The van der Waals surface area contributed by atoms with E-state index in [4.69, 9.17) is 0 Å². The second-order valence-electron chi connectivity index (χ2n) is 10.2. The summed E-state index contributed by atoms with van der Waals surface area (Å²) in [6, 6.07) is 9.37. The summed E-state index contributed by atoms with van der Waals surface area (Å²) in [6.07, 6.45) is 0.547. The van der Waals surface area contributed by atoms with Gasteiger partial charge in [0.15, 0.2) is 0 Å². The second kappa shape index (κ2) is 10.8. The second-order valence-corrected chi connectivity index (χ2v) is 10.2. The van der Waals surface area contributed by atoms with E-state index in [0.717, 1.165) is 46.9 Å². The number of carbonyl (C=O) groups excluding carboxylic acids is 1. The van der Waals surface area contributed by atoms with Crippen LogP contribution in [0.5, 0.6) is 0 Å². The molecule has 0 saturated carbocycles. The van der Waals surface area contributed by atoms with Crippen molar-refractivity contribution in [3.8, 4) is 0 Å². The molecule has 1 atom stereocenters. The van der Waals surface area contributed by atoms with E-state index in [0.29, 0.717) is 18.7 Å². The number of aromatic amines is 1. The van der Waals surface area contributed by atoms with Gasteiger partial charge in [-0.3, -0.25) is 14.7 Å². The van der Waals surface area contributed by atoms with Crippen LogP contribution in [0, 0.1) is 6.92 Å². The van der Waals surface area contributed by atoms with Crippen LogP contribution in [-0.2, 0) is 12.7 Å². The third kappa shape index (κ3) is 5.81. The number of halogens is 3. The summed E-state index contributed by atoms with van der Waals surface area (Å²) in [5, 5.41) is 2.67. The van der Waals surface area contributed by atoms with E-state index in [1.807, 2.05) is 31.9 Å². The van der Waals surface area contributed by atoms with Crippen LogP contribution >= 0.6 is 0 Å². The number of benzene rings is 2. The molecule has 0 spiro atoms. The first-order chi connectivity index (χ1) is 18.6. The molecule has 1 aliphatic heterocycles. The lowest BCUT2D eigenvalue weighted by Crippen LogP contribution is -2.44. The van der Waals surface area contributed by atoms with Gasteiger partial charge in [0, 0.05) is 61.7 Å². The molecule has 1 amide bonds. The maximum absolute atomic E-state index is 14.0. The number of nitrogens with one attached hydrogen (secondary N) is 2. The van der Waals surface area contributed by atoms with E-state index < -0.39 is 17.6 Å². The minimum atomic E-state index is -4.53. The Labute approximate surface area is 225 Å². The quantitative estimate of drug-likeness (QED) is 0.343. The number of likely N-dealkylation sites (N-methyl/N-ethyl adjacent to an activating group) is 1. The summed E-state index contributed by atoms with van der Waals surface area (Å²) in [6.45, 7) is 7.27. The van der Waals surface area contributed by atoms with Gasteiger partial charge in [0.2, 0.25) is 0 Å². The van der Waals surface area contributed by atoms with Crippen LogP contribution in [-0.4, -0.2) is 63.9 Å². The van der Waals surface area contributed by atoms with E-state index in [2.05, 4.69) is 25.2 Å². The summed E-state index contributed by atoms with van der Waals surface area (Å²) in [5.41, 5.74) is 4.43. The Kier molecular flexibility index (Phi) is 7.42. The standard InChI is InChI=1S/C29H31F3N6O/c1-18-4-5-20(12-23(18)19(2)24-14-33-15-26-27(24)35-17-34-26)28(39)36-22-7-6-21(25(13-22)29(30,31)32)16-38-10-8-37(3)9-11-38/h4-7,12-15,17,19H,8-11,16H2,1-3H3,(H,34,35)(H,36,39). The van der Waals surface area contributed by atoms with Gasteiger partial charge in [-0.05, 0) is 54.9 Å². The van der Waals surface area contributed by atoms with E-state index in [1.54, 1.807) is 36.9 Å². The SMILES string of the molecule is Cc1ccc(C(=O)Nc2ccc(CN3CCN(C)CC3)c(C(F)(F)F)c2)cc1C(C)c1cncc2nc[nH]c12. The number of fused-ring (bicyclic) bond motifs is 1. The van der Waals surface area contributed by atoms with E-state index in [9.17, 15) is 18.0 Å². The molecule has 2 aromatic heterocycles. The van der Waals surface area contributed by atoms with Crippen LogP contribution in [0.25, 0.3) is 11.0 Å². The molecule has 1 fully saturated rings. The van der Waals surface area contributed by atoms with Crippen molar-refractivity contribution >= 4 is 22.6 Å². The molecule has 3 heterocycles. The Morgan fingerprint density at radius 2 is 1.85 bits per heavy atom. The molecule has 0 aliphatic carbocycles. The molecule has 2 N–H and O–H groups in total. The Balaban J connectivity index is 1.37. The molecule has 2 aromatic carbocycles. The van der Waals surface area contributed by atoms with Crippen molar-refractivity contribution in [1.82, 2.24) is 24.8 Å². The van der Waals surface area contributed by atoms with Crippen LogP contribution in [0.2, 0.25) is 0 Å². The molecule has 39 heavy (non-hydrogen) atoms. The lowest BCUT2D eigenvalue weighted by molar-refractivity contribution is -0.138. The highest BCUT2D eigenvalue weighted by atomic mass is 19.4. The smallest absolute Gasteiger partial charge is 0.344 e. The molecular weight excluding hydrogens is 505 g/mol. The molecule has 0 radical (unpaired) electrons. The first-order valence-corrected chi connectivity index (χ1v) is 12.9. The number of aryl methyl sites for hydroxylation is 1. The zero-order valence-electron chi connectivity index (χ0n) is 22.1. The Bertz CT molecular complexity index is 1490. The normalized spacial score (nSPS) is 15.9. The summed E-state index contributed by atoms with van der Waals surface area (Å²) in [7, 11) is 2.00. The predicted octanol–water partition coefficient (Wildman–Crippen LogP) is 5.44. The minimum Gasteiger partial charge on any atom is -0.344 e. The average Bonchev–Trinajstić information content (AvgIpc) is 3.39.